The van der Waals surface area contributed by atoms with E-state index in [2.05, 4.69) is 20.6 Å². The average molecular weight is 287 g/mol. The number of fused-ring (bicyclic) bond motifs is 1. The lowest BCUT2D eigenvalue weighted by Crippen LogP contribution is -2.22. The lowest BCUT2D eigenvalue weighted by Gasteiger charge is -2.23. The Balaban J connectivity index is 2.01. The van der Waals surface area contributed by atoms with Gasteiger partial charge in [-0.05, 0) is 53.7 Å². The minimum atomic E-state index is -0.297. The van der Waals surface area contributed by atoms with Crippen molar-refractivity contribution in [3.8, 4) is 0 Å². The van der Waals surface area contributed by atoms with E-state index in [0.29, 0.717) is 30.2 Å². The van der Waals surface area contributed by atoms with Gasteiger partial charge in [-0.2, -0.15) is 0 Å². The van der Waals surface area contributed by atoms with Gasteiger partial charge in [-0.3, -0.25) is 0 Å². The molecule has 2 N–H and O–H groups in total. The second-order valence-corrected chi connectivity index (χ2v) is 4.49. The maximum Gasteiger partial charge on any atom is 0.200 e. The molecular weight excluding hydrogens is 273 g/mol. The molecule has 0 radical (unpaired) electrons. The van der Waals surface area contributed by atoms with Gasteiger partial charge in [-0.15, -0.1) is 14.8 Å². The smallest absolute Gasteiger partial charge is 0.200 e. The van der Waals surface area contributed by atoms with Gasteiger partial charge in [0.1, 0.15) is 5.82 Å². The summed E-state index contributed by atoms with van der Waals surface area (Å²) < 4.78 is 14.8. The Morgan fingerprint density at radius 1 is 1.24 bits per heavy atom. The summed E-state index contributed by atoms with van der Waals surface area (Å²) in [5.74, 6) is 0.336. The predicted octanol–water partition coefficient (Wildman–Crippen LogP) is 1.15. The van der Waals surface area contributed by atoms with E-state index in [-0.39, 0.29) is 5.82 Å². The highest BCUT2D eigenvalue weighted by molar-refractivity contribution is 5.60. The molecule has 108 valence electrons. The van der Waals surface area contributed by atoms with E-state index < -0.39 is 0 Å². The van der Waals surface area contributed by atoms with Gasteiger partial charge in [0.05, 0.1) is 0 Å². The summed E-state index contributed by atoms with van der Waals surface area (Å²) in [6.45, 7) is 1.17. The fraction of sp³-hybridized carbons (Fsp3) is 0.231. The second kappa shape index (κ2) is 5.80. The summed E-state index contributed by atoms with van der Waals surface area (Å²) in [7, 11) is 0. The Hall–Kier alpha value is -2.61. The summed E-state index contributed by atoms with van der Waals surface area (Å²) in [5, 5.41) is 15.5. The van der Waals surface area contributed by atoms with Crippen LogP contribution < -0.4 is 10.6 Å². The van der Waals surface area contributed by atoms with Crippen molar-refractivity contribution in [2.45, 2.75) is 6.42 Å². The standard InChI is InChI=1S/C13H14FN7/c14-10-3-1-4-11(9-10)20(8-2-7-15)13-6-5-12-16-18-19-21(12)17-13/h1,3-6,9H,2,7-8,15H2. The average Bonchev–Trinajstić information content (AvgIpc) is 2.95. The number of rotatable bonds is 5. The SMILES string of the molecule is NCCCN(c1cccc(F)c1)c1ccc2nnnn2n1. The molecule has 3 rings (SSSR count). The summed E-state index contributed by atoms with van der Waals surface area (Å²) in [4.78, 5) is 1.89. The molecule has 0 aliphatic heterocycles. The first-order valence-corrected chi connectivity index (χ1v) is 6.56. The molecular formula is C13H14FN7. The zero-order chi connectivity index (χ0) is 14.7. The summed E-state index contributed by atoms with van der Waals surface area (Å²) in [6, 6.07) is 9.91. The normalized spacial score (nSPS) is 11.0. The highest BCUT2D eigenvalue weighted by atomic mass is 19.1. The van der Waals surface area contributed by atoms with E-state index in [9.17, 15) is 4.39 Å². The van der Waals surface area contributed by atoms with Gasteiger partial charge >= 0.3 is 0 Å². The number of anilines is 2. The number of benzene rings is 1. The predicted molar refractivity (Wildman–Crippen MR) is 75.7 cm³/mol. The molecule has 8 heteroatoms. The summed E-state index contributed by atoms with van der Waals surface area (Å²) in [6.07, 6.45) is 0.756. The van der Waals surface area contributed by atoms with Crippen molar-refractivity contribution in [2.24, 2.45) is 5.73 Å². The number of nitrogens with two attached hydrogens (primary N) is 1. The molecule has 2 heterocycles. The van der Waals surface area contributed by atoms with E-state index in [1.165, 1.54) is 16.8 Å². The fourth-order valence-electron chi connectivity index (χ4n) is 2.05. The van der Waals surface area contributed by atoms with Crippen molar-refractivity contribution in [1.82, 2.24) is 25.3 Å². The number of tetrazole rings is 1. The Bertz CT molecular complexity index is 742. The van der Waals surface area contributed by atoms with Crippen molar-refractivity contribution in [3.63, 3.8) is 0 Å². The third-order valence-electron chi connectivity index (χ3n) is 3.04. The Morgan fingerprint density at radius 2 is 2.14 bits per heavy atom. The fourth-order valence-corrected chi connectivity index (χ4v) is 2.05. The van der Waals surface area contributed by atoms with Gasteiger partial charge in [-0.25, -0.2) is 4.39 Å². The molecule has 0 bridgehead atoms. The largest absolute Gasteiger partial charge is 0.330 e. The molecule has 0 saturated heterocycles. The van der Waals surface area contributed by atoms with E-state index >= 15 is 0 Å². The number of halogens is 1. The van der Waals surface area contributed by atoms with Gasteiger partial charge in [0.2, 0.25) is 0 Å². The molecule has 0 amide bonds. The number of hydrogen-bond donors (Lipinski definition) is 1. The van der Waals surface area contributed by atoms with Gasteiger partial charge in [0.15, 0.2) is 11.5 Å². The van der Waals surface area contributed by atoms with Crippen LogP contribution in [0, 0.1) is 5.82 Å². The van der Waals surface area contributed by atoms with E-state index in [1.54, 1.807) is 18.2 Å². The minimum Gasteiger partial charge on any atom is -0.330 e. The molecule has 0 saturated carbocycles. The lowest BCUT2D eigenvalue weighted by atomic mass is 10.2. The van der Waals surface area contributed by atoms with Crippen LogP contribution in [0.2, 0.25) is 0 Å². The Morgan fingerprint density at radius 3 is 2.95 bits per heavy atom. The maximum atomic E-state index is 13.5. The molecule has 0 spiro atoms. The first-order valence-electron chi connectivity index (χ1n) is 6.56. The van der Waals surface area contributed by atoms with Crippen LogP contribution in [-0.2, 0) is 0 Å². The van der Waals surface area contributed by atoms with Crippen LogP contribution in [0.1, 0.15) is 6.42 Å². The van der Waals surface area contributed by atoms with Crippen molar-refractivity contribution < 1.29 is 4.39 Å². The number of hydrogen-bond acceptors (Lipinski definition) is 6. The molecule has 1 aromatic carbocycles. The topological polar surface area (TPSA) is 85.2 Å². The third-order valence-corrected chi connectivity index (χ3v) is 3.04. The van der Waals surface area contributed by atoms with Crippen molar-refractivity contribution in [3.05, 3.63) is 42.2 Å². The zero-order valence-corrected chi connectivity index (χ0v) is 11.2. The van der Waals surface area contributed by atoms with Crippen LogP contribution in [-0.4, -0.2) is 38.3 Å². The molecule has 21 heavy (non-hydrogen) atoms. The first kappa shape index (κ1) is 13.4. The van der Waals surface area contributed by atoms with Crippen molar-refractivity contribution in [2.75, 3.05) is 18.0 Å². The van der Waals surface area contributed by atoms with Crippen LogP contribution in [0.4, 0.5) is 15.9 Å². The Labute approximate surface area is 120 Å². The van der Waals surface area contributed by atoms with Gasteiger partial charge in [0.25, 0.3) is 0 Å². The minimum absolute atomic E-state index is 0.297. The van der Waals surface area contributed by atoms with Crippen LogP contribution in [0.5, 0.6) is 0 Å². The van der Waals surface area contributed by atoms with E-state index in [1.807, 2.05) is 11.0 Å². The molecule has 0 unspecified atom stereocenters. The molecule has 3 aromatic rings. The zero-order valence-electron chi connectivity index (χ0n) is 11.2. The molecule has 0 fully saturated rings. The van der Waals surface area contributed by atoms with Crippen LogP contribution >= 0.6 is 0 Å². The summed E-state index contributed by atoms with van der Waals surface area (Å²) >= 11 is 0. The van der Waals surface area contributed by atoms with E-state index in [0.717, 1.165) is 6.42 Å². The summed E-state index contributed by atoms with van der Waals surface area (Å²) in [5.41, 5.74) is 6.84. The maximum absolute atomic E-state index is 13.5. The quantitative estimate of drug-likeness (QED) is 0.757. The van der Waals surface area contributed by atoms with Crippen LogP contribution in [0.15, 0.2) is 36.4 Å². The van der Waals surface area contributed by atoms with Gasteiger partial charge in [0, 0.05) is 12.2 Å². The van der Waals surface area contributed by atoms with Crippen molar-refractivity contribution in [1.29, 1.82) is 0 Å². The molecule has 2 aromatic heterocycles. The number of nitrogens with zero attached hydrogens (tertiary/aromatic N) is 6. The highest BCUT2D eigenvalue weighted by Gasteiger charge is 2.12. The van der Waals surface area contributed by atoms with Gasteiger partial charge < -0.3 is 10.6 Å². The Kier molecular flexibility index (Phi) is 3.69. The number of aromatic nitrogens is 5. The lowest BCUT2D eigenvalue weighted by molar-refractivity contribution is 0.627. The molecule has 0 aliphatic carbocycles. The van der Waals surface area contributed by atoms with Crippen LogP contribution in [0.3, 0.4) is 0 Å². The van der Waals surface area contributed by atoms with Crippen LogP contribution in [0.25, 0.3) is 5.65 Å². The monoisotopic (exact) mass is 287 g/mol. The molecule has 0 aliphatic rings. The highest BCUT2D eigenvalue weighted by Crippen LogP contribution is 2.24. The van der Waals surface area contributed by atoms with Crippen molar-refractivity contribution >= 4 is 17.2 Å². The molecule has 0 atom stereocenters. The third kappa shape index (κ3) is 2.79. The molecule has 7 nitrogen and oxygen atoms in total. The van der Waals surface area contributed by atoms with Gasteiger partial charge in [-0.1, -0.05) is 6.07 Å². The van der Waals surface area contributed by atoms with E-state index in [4.69, 9.17) is 5.73 Å². The first-order chi connectivity index (χ1) is 10.3. The second-order valence-electron chi connectivity index (χ2n) is 4.49.